The summed E-state index contributed by atoms with van der Waals surface area (Å²) in [5, 5.41) is 5.76. The Bertz CT molecular complexity index is 618. The number of hydrogen-bond acceptors (Lipinski definition) is 4. The molecule has 1 aliphatic heterocycles. The van der Waals surface area contributed by atoms with Crippen LogP contribution in [0.25, 0.3) is 11.3 Å². The topological polar surface area (TPSA) is 68.0 Å². The molecule has 18 heavy (non-hydrogen) atoms. The van der Waals surface area contributed by atoms with E-state index in [-0.39, 0.29) is 11.9 Å². The molecule has 4 nitrogen and oxygen atoms in total. The molecule has 0 bridgehead atoms. The third-order valence-electron chi connectivity index (χ3n) is 2.94. The van der Waals surface area contributed by atoms with Crippen LogP contribution in [0.2, 0.25) is 0 Å². The Balaban J connectivity index is 1.97. The second kappa shape index (κ2) is 4.19. The molecule has 1 amide bonds. The van der Waals surface area contributed by atoms with Gasteiger partial charge in [-0.05, 0) is 24.6 Å². The van der Waals surface area contributed by atoms with E-state index < -0.39 is 0 Å². The summed E-state index contributed by atoms with van der Waals surface area (Å²) in [7, 11) is 0. The maximum absolute atomic E-state index is 11.3. The van der Waals surface area contributed by atoms with Gasteiger partial charge in [0.1, 0.15) is 5.01 Å². The zero-order valence-corrected chi connectivity index (χ0v) is 10.8. The van der Waals surface area contributed by atoms with Crippen molar-refractivity contribution in [3.05, 3.63) is 34.2 Å². The third-order valence-corrected chi connectivity index (χ3v) is 3.98. The molecule has 0 aliphatic carbocycles. The molecule has 0 radical (unpaired) electrons. The van der Waals surface area contributed by atoms with Crippen LogP contribution >= 0.6 is 11.3 Å². The molecule has 0 saturated carbocycles. The maximum Gasteiger partial charge on any atom is 0.228 e. The molecule has 3 N–H and O–H groups in total. The molecule has 0 spiro atoms. The van der Waals surface area contributed by atoms with E-state index in [4.69, 9.17) is 5.73 Å². The molecule has 1 aromatic carbocycles. The highest BCUT2D eigenvalue weighted by molar-refractivity contribution is 7.10. The fourth-order valence-electron chi connectivity index (χ4n) is 2.02. The summed E-state index contributed by atoms with van der Waals surface area (Å²) >= 11 is 1.57. The van der Waals surface area contributed by atoms with Crippen LogP contribution in [0, 0.1) is 0 Å². The minimum atomic E-state index is -0.0404. The Hall–Kier alpha value is -1.72. The summed E-state index contributed by atoms with van der Waals surface area (Å²) in [6.45, 7) is 1.92. The smallest absolute Gasteiger partial charge is 0.228 e. The molecular formula is C13H13N3OS. The lowest BCUT2D eigenvalue weighted by molar-refractivity contribution is -0.115. The first-order valence-electron chi connectivity index (χ1n) is 5.77. The quantitative estimate of drug-likeness (QED) is 0.869. The molecule has 1 aliphatic rings. The number of rotatable bonds is 2. The molecule has 5 heteroatoms. The molecule has 2 heterocycles. The number of fused-ring (bicyclic) bond motifs is 1. The highest BCUT2D eigenvalue weighted by atomic mass is 32.1. The number of benzene rings is 1. The standard InChI is InChI=1S/C13H13N3OS/c1-7(14)13-16-11(6-18-13)8-2-3-10-9(4-8)5-12(17)15-10/h2-4,6-7H,5,14H2,1H3,(H,15,17). The van der Waals surface area contributed by atoms with Gasteiger partial charge in [0.2, 0.25) is 5.91 Å². The lowest BCUT2D eigenvalue weighted by Crippen LogP contribution is -2.03. The Morgan fingerprint density at radius 1 is 1.50 bits per heavy atom. The van der Waals surface area contributed by atoms with Gasteiger partial charge in [-0.3, -0.25) is 4.79 Å². The van der Waals surface area contributed by atoms with Crippen molar-refractivity contribution in [1.29, 1.82) is 0 Å². The number of aromatic nitrogens is 1. The van der Waals surface area contributed by atoms with Crippen LogP contribution in [0.4, 0.5) is 5.69 Å². The average molecular weight is 259 g/mol. The zero-order valence-electron chi connectivity index (χ0n) is 9.93. The van der Waals surface area contributed by atoms with Gasteiger partial charge in [-0.1, -0.05) is 6.07 Å². The number of anilines is 1. The molecule has 0 fully saturated rings. The third kappa shape index (κ3) is 1.91. The summed E-state index contributed by atoms with van der Waals surface area (Å²) in [6, 6.07) is 5.89. The number of nitrogens with one attached hydrogen (secondary N) is 1. The summed E-state index contributed by atoms with van der Waals surface area (Å²) in [4.78, 5) is 15.8. The van der Waals surface area contributed by atoms with Crippen molar-refractivity contribution in [3.63, 3.8) is 0 Å². The first-order chi connectivity index (χ1) is 8.63. The summed E-state index contributed by atoms with van der Waals surface area (Å²) in [6.07, 6.45) is 0.452. The van der Waals surface area contributed by atoms with Crippen LogP contribution < -0.4 is 11.1 Å². The second-order valence-electron chi connectivity index (χ2n) is 4.46. The predicted molar refractivity (Wildman–Crippen MR) is 72.5 cm³/mol. The number of hydrogen-bond donors (Lipinski definition) is 2. The van der Waals surface area contributed by atoms with Crippen molar-refractivity contribution in [2.75, 3.05) is 5.32 Å². The minimum Gasteiger partial charge on any atom is -0.326 e. The summed E-state index contributed by atoms with van der Waals surface area (Å²) in [5.41, 5.74) is 9.71. The molecule has 92 valence electrons. The zero-order chi connectivity index (χ0) is 12.7. The normalized spacial score (nSPS) is 15.3. The second-order valence-corrected chi connectivity index (χ2v) is 5.35. The van der Waals surface area contributed by atoms with Crippen LogP contribution in [0.5, 0.6) is 0 Å². The van der Waals surface area contributed by atoms with Crippen LogP contribution in [0.3, 0.4) is 0 Å². The van der Waals surface area contributed by atoms with Crippen molar-refractivity contribution in [2.45, 2.75) is 19.4 Å². The Labute approximate surface area is 109 Å². The van der Waals surface area contributed by atoms with E-state index in [0.29, 0.717) is 6.42 Å². The van der Waals surface area contributed by atoms with E-state index >= 15 is 0 Å². The van der Waals surface area contributed by atoms with E-state index in [9.17, 15) is 4.79 Å². The average Bonchev–Trinajstić information content (AvgIpc) is 2.91. The van der Waals surface area contributed by atoms with Gasteiger partial charge in [-0.2, -0.15) is 0 Å². The van der Waals surface area contributed by atoms with Gasteiger partial charge in [-0.15, -0.1) is 11.3 Å². The highest BCUT2D eigenvalue weighted by Gasteiger charge is 2.18. The lowest BCUT2D eigenvalue weighted by atomic mass is 10.1. The van der Waals surface area contributed by atoms with Crippen LogP contribution in [-0.2, 0) is 11.2 Å². The van der Waals surface area contributed by atoms with Crippen molar-refractivity contribution in [2.24, 2.45) is 5.73 Å². The van der Waals surface area contributed by atoms with Crippen LogP contribution in [-0.4, -0.2) is 10.9 Å². The Morgan fingerprint density at radius 2 is 2.33 bits per heavy atom. The van der Waals surface area contributed by atoms with E-state index in [1.807, 2.05) is 30.5 Å². The minimum absolute atomic E-state index is 0.0404. The molecular weight excluding hydrogens is 246 g/mol. The van der Waals surface area contributed by atoms with Gasteiger partial charge in [0.25, 0.3) is 0 Å². The van der Waals surface area contributed by atoms with E-state index in [1.54, 1.807) is 11.3 Å². The maximum atomic E-state index is 11.3. The first kappa shape index (κ1) is 11.4. The molecule has 0 saturated heterocycles. The number of amides is 1. The van der Waals surface area contributed by atoms with Gasteiger partial charge in [0.05, 0.1) is 18.2 Å². The molecule has 3 rings (SSSR count). The van der Waals surface area contributed by atoms with Crippen LogP contribution in [0.1, 0.15) is 23.5 Å². The van der Waals surface area contributed by atoms with Gasteiger partial charge < -0.3 is 11.1 Å². The number of carbonyl (C=O) groups is 1. The van der Waals surface area contributed by atoms with Gasteiger partial charge in [0, 0.05) is 16.6 Å². The molecule has 1 atom stereocenters. The van der Waals surface area contributed by atoms with Gasteiger partial charge in [0.15, 0.2) is 0 Å². The van der Waals surface area contributed by atoms with E-state index in [1.165, 1.54) is 0 Å². The van der Waals surface area contributed by atoms with E-state index in [2.05, 4.69) is 10.3 Å². The van der Waals surface area contributed by atoms with Crippen LogP contribution in [0.15, 0.2) is 23.6 Å². The number of nitrogens with zero attached hydrogens (tertiary/aromatic N) is 1. The SMILES string of the molecule is CC(N)c1nc(-c2ccc3c(c2)CC(=O)N3)cs1. The molecule has 1 unspecified atom stereocenters. The predicted octanol–water partition coefficient (Wildman–Crippen LogP) is 2.32. The van der Waals surface area contributed by atoms with Crippen molar-refractivity contribution >= 4 is 22.9 Å². The van der Waals surface area contributed by atoms with Gasteiger partial charge in [-0.25, -0.2) is 4.98 Å². The number of nitrogens with two attached hydrogens (primary N) is 1. The largest absolute Gasteiger partial charge is 0.326 e. The van der Waals surface area contributed by atoms with Gasteiger partial charge >= 0.3 is 0 Å². The molecule has 2 aromatic rings. The van der Waals surface area contributed by atoms with Crippen molar-refractivity contribution in [3.8, 4) is 11.3 Å². The monoisotopic (exact) mass is 259 g/mol. The van der Waals surface area contributed by atoms with Crippen molar-refractivity contribution < 1.29 is 4.79 Å². The summed E-state index contributed by atoms with van der Waals surface area (Å²) < 4.78 is 0. The number of carbonyl (C=O) groups excluding carboxylic acids is 1. The van der Waals surface area contributed by atoms with E-state index in [0.717, 1.165) is 27.5 Å². The first-order valence-corrected chi connectivity index (χ1v) is 6.65. The fourth-order valence-corrected chi connectivity index (χ4v) is 2.80. The fraction of sp³-hybridized carbons (Fsp3) is 0.231. The lowest BCUT2D eigenvalue weighted by Gasteiger charge is -2.02. The highest BCUT2D eigenvalue weighted by Crippen LogP contribution is 2.30. The number of thiazole rings is 1. The Morgan fingerprint density at radius 3 is 3.06 bits per heavy atom. The van der Waals surface area contributed by atoms with Crippen molar-refractivity contribution in [1.82, 2.24) is 4.98 Å². The summed E-state index contributed by atoms with van der Waals surface area (Å²) in [5.74, 6) is 0.0525. The Kier molecular flexibility index (Phi) is 2.65. The molecule has 1 aromatic heterocycles.